The Kier molecular flexibility index (Phi) is 3.26. The molecule has 0 bridgehead atoms. The summed E-state index contributed by atoms with van der Waals surface area (Å²) in [6.07, 6.45) is 3.73. The van der Waals surface area contributed by atoms with Crippen LogP contribution in [-0.4, -0.2) is 52.7 Å². The van der Waals surface area contributed by atoms with Crippen LogP contribution in [0.3, 0.4) is 0 Å². The van der Waals surface area contributed by atoms with Crippen molar-refractivity contribution in [1.29, 1.82) is 0 Å². The van der Waals surface area contributed by atoms with Crippen molar-refractivity contribution in [3.63, 3.8) is 0 Å². The molecule has 1 saturated heterocycles. The molecule has 8 nitrogen and oxygen atoms in total. The standard InChI is InChI=1S/C16H15N3O5S/c1-25(23,24)11-6-2-4-9-12(11)15(20)18-7-3-5-10(18)14-13(16(21)22)17-8-19(9)14/h2,4,6,8,10H,3,5,7H2,1H3,(H,21,22)/t10-/m0/s1. The molecular weight excluding hydrogens is 346 g/mol. The first kappa shape index (κ1) is 15.8. The Bertz CT molecular complexity index is 1020. The van der Waals surface area contributed by atoms with Gasteiger partial charge in [-0.3, -0.25) is 9.36 Å². The summed E-state index contributed by atoms with van der Waals surface area (Å²) in [5.74, 6) is -1.56. The summed E-state index contributed by atoms with van der Waals surface area (Å²) >= 11 is 0. The number of carbonyl (C=O) groups excluding carboxylic acids is 1. The number of carbonyl (C=O) groups is 2. The number of carboxylic acids is 1. The van der Waals surface area contributed by atoms with Gasteiger partial charge in [0.15, 0.2) is 15.5 Å². The molecule has 1 atom stereocenters. The van der Waals surface area contributed by atoms with Crippen molar-refractivity contribution in [2.45, 2.75) is 23.8 Å². The van der Waals surface area contributed by atoms with Crippen LogP contribution in [0.25, 0.3) is 5.69 Å². The molecule has 1 fully saturated rings. The second kappa shape index (κ2) is 5.16. The molecular formula is C16H15N3O5S. The largest absolute Gasteiger partial charge is 0.476 e. The normalized spacial score (nSPS) is 19.2. The number of imidazole rings is 1. The molecule has 2 aromatic rings. The number of hydrogen-bond donors (Lipinski definition) is 1. The number of fused-ring (bicyclic) bond motifs is 5. The maximum Gasteiger partial charge on any atom is 0.356 e. The Morgan fingerprint density at radius 2 is 2.12 bits per heavy atom. The molecule has 25 heavy (non-hydrogen) atoms. The Hall–Kier alpha value is -2.68. The van der Waals surface area contributed by atoms with Crippen molar-refractivity contribution in [2.75, 3.05) is 12.8 Å². The third-order valence-electron chi connectivity index (χ3n) is 4.71. The summed E-state index contributed by atoms with van der Waals surface area (Å²) in [4.78, 5) is 30.2. The molecule has 1 aromatic carbocycles. The van der Waals surface area contributed by atoms with Gasteiger partial charge in [-0.2, -0.15) is 0 Å². The number of hydrogen-bond acceptors (Lipinski definition) is 5. The molecule has 0 radical (unpaired) electrons. The molecule has 0 unspecified atom stereocenters. The van der Waals surface area contributed by atoms with Gasteiger partial charge < -0.3 is 10.0 Å². The molecule has 1 amide bonds. The van der Waals surface area contributed by atoms with E-state index in [4.69, 9.17) is 0 Å². The van der Waals surface area contributed by atoms with E-state index in [-0.39, 0.29) is 16.2 Å². The van der Waals surface area contributed by atoms with Crippen molar-refractivity contribution in [1.82, 2.24) is 14.5 Å². The highest BCUT2D eigenvalue weighted by molar-refractivity contribution is 7.90. The number of aromatic nitrogens is 2. The van der Waals surface area contributed by atoms with Crippen LogP contribution in [0, 0.1) is 0 Å². The number of aromatic carboxylic acids is 1. The van der Waals surface area contributed by atoms with E-state index in [1.807, 2.05) is 0 Å². The Balaban J connectivity index is 2.11. The molecule has 4 rings (SSSR count). The first-order chi connectivity index (χ1) is 11.8. The average Bonchev–Trinajstić information content (AvgIpc) is 3.17. The summed E-state index contributed by atoms with van der Waals surface area (Å²) in [6.45, 7) is 0.450. The first-order valence-corrected chi connectivity index (χ1v) is 9.65. The number of amides is 1. The van der Waals surface area contributed by atoms with Crippen LogP contribution in [0.4, 0.5) is 0 Å². The summed E-state index contributed by atoms with van der Waals surface area (Å²) in [5.41, 5.74) is 0.729. The van der Waals surface area contributed by atoms with E-state index in [1.54, 1.807) is 21.6 Å². The van der Waals surface area contributed by atoms with Gasteiger partial charge in [-0.05, 0) is 25.0 Å². The van der Waals surface area contributed by atoms with Crippen LogP contribution in [0.1, 0.15) is 45.4 Å². The maximum absolute atomic E-state index is 13.1. The van der Waals surface area contributed by atoms with Crippen molar-refractivity contribution < 1.29 is 23.1 Å². The van der Waals surface area contributed by atoms with E-state index in [9.17, 15) is 23.1 Å². The predicted molar refractivity (Wildman–Crippen MR) is 86.6 cm³/mol. The number of benzene rings is 1. The molecule has 130 valence electrons. The second-order valence-corrected chi connectivity index (χ2v) is 8.22. The summed E-state index contributed by atoms with van der Waals surface area (Å²) in [7, 11) is -3.63. The van der Waals surface area contributed by atoms with Gasteiger partial charge in [0.2, 0.25) is 0 Å². The SMILES string of the molecule is CS(=O)(=O)c1cccc2c1C(=O)N1CCC[C@H]1c1c(C(=O)O)ncn1-2. The highest BCUT2D eigenvalue weighted by atomic mass is 32.2. The molecule has 0 saturated carbocycles. The van der Waals surface area contributed by atoms with Gasteiger partial charge in [-0.1, -0.05) is 6.07 Å². The summed E-state index contributed by atoms with van der Waals surface area (Å²) in [6, 6.07) is 4.13. The lowest BCUT2D eigenvalue weighted by molar-refractivity contribution is 0.0672. The Morgan fingerprint density at radius 3 is 2.80 bits per heavy atom. The van der Waals surface area contributed by atoms with Crippen LogP contribution in [0.5, 0.6) is 0 Å². The molecule has 0 spiro atoms. The lowest BCUT2D eigenvalue weighted by Gasteiger charge is -2.23. The van der Waals surface area contributed by atoms with E-state index >= 15 is 0 Å². The van der Waals surface area contributed by atoms with Crippen molar-refractivity contribution >= 4 is 21.7 Å². The van der Waals surface area contributed by atoms with E-state index in [0.29, 0.717) is 24.3 Å². The van der Waals surface area contributed by atoms with Crippen LogP contribution < -0.4 is 0 Å². The highest BCUT2D eigenvalue weighted by Gasteiger charge is 2.41. The summed E-state index contributed by atoms with van der Waals surface area (Å²) < 4.78 is 25.9. The lowest BCUT2D eigenvalue weighted by atomic mass is 10.1. The van der Waals surface area contributed by atoms with Crippen LogP contribution >= 0.6 is 0 Å². The van der Waals surface area contributed by atoms with Gasteiger partial charge in [0.25, 0.3) is 5.91 Å². The van der Waals surface area contributed by atoms with Gasteiger partial charge in [0.1, 0.15) is 6.33 Å². The van der Waals surface area contributed by atoms with Gasteiger partial charge >= 0.3 is 5.97 Å². The first-order valence-electron chi connectivity index (χ1n) is 7.75. The fourth-order valence-corrected chi connectivity index (χ4v) is 4.60. The van der Waals surface area contributed by atoms with Gasteiger partial charge in [0.05, 0.1) is 27.9 Å². The van der Waals surface area contributed by atoms with E-state index in [0.717, 1.165) is 12.7 Å². The number of sulfone groups is 1. The fraction of sp³-hybridized carbons (Fsp3) is 0.312. The quantitative estimate of drug-likeness (QED) is 0.862. The predicted octanol–water partition coefficient (Wildman–Crippen LogP) is 1.26. The molecule has 3 heterocycles. The van der Waals surface area contributed by atoms with Crippen LogP contribution in [0.15, 0.2) is 29.4 Å². The van der Waals surface area contributed by atoms with Crippen LogP contribution in [0.2, 0.25) is 0 Å². The monoisotopic (exact) mass is 361 g/mol. The minimum atomic E-state index is -3.63. The molecule has 1 N–H and O–H groups in total. The zero-order valence-electron chi connectivity index (χ0n) is 13.3. The van der Waals surface area contributed by atoms with E-state index < -0.39 is 27.8 Å². The number of carboxylic acid groups (broad SMARTS) is 1. The zero-order chi connectivity index (χ0) is 17.9. The molecule has 9 heteroatoms. The smallest absolute Gasteiger partial charge is 0.356 e. The third-order valence-corrected chi connectivity index (χ3v) is 5.85. The average molecular weight is 361 g/mol. The third kappa shape index (κ3) is 2.19. The second-order valence-electron chi connectivity index (χ2n) is 6.23. The number of rotatable bonds is 2. The van der Waals surface area contributed by atoms with Gasteiger partial charge in [0, 0.05) is 12.8 Å². The van der Waals surface area contributed by atoms with E-state index in [2.05, 4.69) is 4.98 Å². The van der Waals surface area contributed by atoms with Gasteiger partial charge in [-0.15, -0.1) is 0 Å². The highest BCUT2D eigenvalue weighted by Crippen LogP contribution is 2.41. The zero-order valence-corrected chi connectivity index (χ0v) is 14.2. The number of nitrogens with zero attached hydrogens (tertiary/aromatic N) is 3. The van der Waals surface area contributed by atoms with E-state index in [1.165, 1.54) is 12.4 Å². The molecule has 2 aliphatic heterocycles. The molecule has 1 aromatic heterocycles. The molecule has 0 aliphatic carbocycles. The van der Waals surface area contributed by atoms with Crippen molar-refractivity contribution in [3.8, 4) is 5.69 Å². The fourth-order valence-electron chi connectivity index (χ4n) is 3.71. The van der Waals surface area contributed by atoms with Crippen molar-refractivity contribution in [2.24, 2.45) is 0 Å². The summed E-state index contributed by atoms with van der Waals surface area (Å²) in [5, 5.41) is 9.46. The van der Waals surface area contributed by atoms with Gasteiger partial charge in [-0.25, -0.2) is 18.2 Å². The Morgan fingerprint density at radius 1 is 1.36 bits per heavy atom. The topological polar surface area (TPSA) is 110 Å². The molecule has 2 aliphatic rings. The Labute approximate surface area is 143 Å². The minimum absolute atomic E-state index is 0.0564. The van der Waals surface area contributed by atoms with Crippen molar-refractivity contribution in [3.05, 3.63) is 41.5 Å². The maximum atomic E-state index is 13.1. The lowest BCUT2D eigenvalue weighted by Crippen LogP contribution is -2.31. The minimum Gasteiger partial charge on any atom is -0.476 e. The van der Waals surface area contributed by atoms with Crippen LogP contribution in [-0.2, 0) is 9.84 Å².